The molecule has 7 heteroatoms. The molecule has 2 heterocycles. The molecule has 4 rings (SSSR count). The van der Waals surface area contributed by atoms with E-state index in [1.807, 2.05) is 35.7 Å². The van der Waals surface area contributed by atoms with Crippen molar-refractivity contribution < 1.29 is 9.47 Å². The van der Waals surface area contributed by atoms with E-state index in [0.717, 1.165) is 28.3 Å². The van der Waals surface area contributed by atoms with Crippen LogP contribution in [0.2, 0.25) is 0 Å². The lowest BCUT2D eigenvalue weighted by Gasteiger charge is -1.98. The van der Waals surface area contributed by atoms with Crippen molar-refractivity contribution in [2.75, 3.05) is 6.79 Å². The Bertz CT molecular complexity index is 973. The highest BCUT2D eigenvalue weighted by molar-refractivity contribution is 7.13. The number of hydrogen-bond donors (Lipinski definition) is 0. The summed E-state index contributed by atoms with van der Waals surface area (Å²) in [5.74, 6) is 1.50. The number of fused-ring (bicyclic) bond motifs is 1. The third kappa shape index (κ3) is 3.34. The lowest BCUT2D eigenvalue weighted by atomic mass is 10.1. The number of rotatable bonds is 4. The molecule has 6 nitrogen and oxygen atoms in total. The molecule has 0 aliphatic carbocycles. The van der Waals surface area contributed by atoms with Crippen LogP contribution >= 0.6 is 11.3 Å². The topological polar surface area (TPSA) is 79.9 Å². The molecular weight excluding hydrogens is 336 g/mol. The highest BCUT2D eigenvalue weighted by Gasteiger charge is 2.12. The maximum absolute atomic E-state index is 8.84. The van der Waals surface area contributed by atoms with Gasteiger partial charge in [0.25, 0.3) is 0 Å². The maximum Gasteiger partial charge on any atom is 0.231 e. The first-order chi connectivity index (χ1) is 12.3. The fraction of sp³-hybridized carbons (Fsp3) is 0.111. The predicted molar refractivity (Wildman–Crippen MR) is 93.1 cm³/mol. The second kappa shape index (κ2) is 6.71. The molecular formula is C18H12N4O2S. The van der Waals surface area contributed by atoms with E-state index in [2.05, 4.69) is 21.3 Å². The first kappa shape index (κ1) is 15.3. The van der Waals surface area contributed by atoms with Crippen LogP contribution in [0.4, 0.5) is 5.13 Å². The second-order valence-electron chi connectivity index (χ2n) is 5.29. The summed E-state index contributed by atoms with van der Waals surface area (Å²) >= 11 is 1.43. The molecule has 1 aliphatic heterocycles. The lowest BCUT2D eigenvalue weighted by Crippen LogP contribution is -1.92. The average molecular weight is 348 g/mol. The Kier molecular flexibility index (Phi) is 4.11. The minimum atomic E-state index is 0.261. The zero-order valence-electron chi connectivity index (χ0n) is 13.0. The highest BCUT2D eigenvalue weighted by Crippen LogP contribution is 2.33. The normalized spacial score (nSPS) is 12.4. The van der Waals surface area contributed by atoms with Gasteiger partial charge in [-0.1, -0.05) is 18.2 Å². The van der Waals surface area contributed by atoms with Crippen molar-refractivity contribution in [1.29, 1.82) is 5.26 Å². The largest absolute Gasteiger partial charge is 0.454 e. The van der Waals surface area contributed by atoms with Crippen LogP contribution in [0.1, 0.15) is 11.1 Å². The van der Waals surface area contributed by atoms with Crippen LogP contribution in [0.5, 0.6) is 11.5 Å². The number of ether oxygens (including phenoxy) is 2. The summed E-state index contributed by atoms with van der Waals surface area (Å²) < 4.78 is 10.6. The Balaban J connectivity index is 1.43. The van der Waals surface area contributed by atoms with Gasteiger partial charge in [0.2, 0.25) is 11.9 Å². The maximum atomic E-state index is 8.84. The van der Waals surface area contributed by atoms with Crippen LogP contribution in [0.15, 0.2) is 58.1 Å². The Labute approximate surface area is 148 Å². The third-order valence-electron chi connectivity index (χ3n) is 3.65. The van der Waals surface area contributed by atoms with Crippen LogP contribution in [0, 0.1) is 11.3 Å². The van der Waals surface area contributed by atoms with E-state index in [4.69, 9.17) is 14.7 Å². The fourth-order valence-corrected chi connectivity index (χ4v) is 3.04. The van der Waals surface area contributed by atoms with Crippen molar-refractivity contribution in [2.45, 2.75) is 6.54 Å². The predicted octanol–water partition coefficient (Wildman–Crippen LogP) is 4.69. The van der Waals surface area contributed by atoms with E-state index in [-0.39, 0.29) is 6.79 Å². The molecule has 3 aromatic rings. The zero-order valence-corrected chi connectivity index (χ0v) is 13.9. The first-order valence-corrected chi connectivity index (χ1v) is 8.42. The van der Waals surface area contributed by atoms with E-state index >= 15 is 0 Å². The summed E-state index contributed by atoms with van der Waals surface area (Å²) in [5, 5.41) is 19.8. The number of aromatic nitrogens is 1. The van der Waals surface area contributed by atoms with Crippen LogP contribution in [-0.2, 0) is 6.54 Å². The van der Waals surface area contributed by atoms with Gasteiger partial charge >= 0.3 is 0 Å². The van der Waals surface area contributed by atoms with E-state index in [1.54, 1.807) is 12.1 Å². The van der Waals surface area contributed by atoms with E-state index in [0.29, 0.717) is 17.2 Å². The molecule has 0 radical (unpaired) electrons. The van der Waals surface area contributed by atoms with Gasteiger partial charge in [0.1, 0.15) is 0 Å². The van der Waals surface area contributed by atoms with Gasteiger partial charge in [-0.25, -0.2) is 4.98 Å². The van der Waals surface area contributed by atoms with Crippen LogP contribution < -0.4 is 9.47 Å². The Morgan fingerprint density at radius 3 is 2.80 bits per heavy atom. The summed E-state index contributed by atoms with van der Waals surface area (Å²) in [7, 11) is 0. The molecule has 1 aromatic heterocycles. The van der Waals surface area contributed by atoms with E-state index < -0.39 is 0 Å². The van der Waals surface area contributed by atoms with Gasteiger partial charge in [-0.05, 0) is 29.8 Å². The van der Waals surface area contributed by atoms with Crippen molar-refractivity contribution in [3.05, 3.63) is 59.0 Å². The second-order valence-corrected chi connectivity index (χ2v) is 6.13. The summed E-state index contributed by atoms with van der Waals surface area (Å²) in [6.45, 7) is 0.708. The minimum absolute atomic E-state index is 0.261. The summed E-state index contributed by atoms with van der Waals surface area (Å²) in [4.78, 5) is 4.46. The van der Waals surface area contributed by atoms with Gasteiger partial charge in [0, 0.05) is 10.9 Å². The van der Waals surface area contributed by atoms with Crippen molar-refractivity contribution in [2.24, 2.45) is 10.2 Å². The molecule has 0 amide bonds. The van der Waals surface area contributed by atoms with Gasteiger partial charge in [-0.3, -0.25) is 0 Å². The van der Waals surface area contributed by atoms with Crippen LogP contribution in [0.25, 0.3) is 11.3 Å². The monoisotopic (exact) mass is 348 g/mol. The Hall–Kier alpha value is -3.24. The van der Waals surface area contributed by atoms with E-state index in [9.17, 15) is 0 Å². The lowest BCUT2D eigenvalue weighted by molar-refractivity contribution is 0.174. The van der Waals surface area contributed by atoms with Crippen LogP contribution in [-0.4, -0.2) is 11.8 Å². The van der Waals surface area contributed by atoms with Crippen molar-refractivity contribution in [1.82, 2.24) is 4.98 Å². The molecule has 0 fully saturated rings. The number of nitriles is 1. The molecule has 0 N–H and O–H groups in total. The zero-order chi connectivity index (χ0) is 17.1. The molecule has 0 atom stereocenters. The smallest absolute Gasteiger partial charge is 0.231 e. The molecule has 0 spiro atoms. The standard InChI is InChI=1S/C18H12N4O2S/c19-8-12-1-4-14(5-2-12)15-10-25-18(21-15)22-20-9-13-3-6-16-17(7-13)24-11-23-16/h1-7,10H,9,11H2. The number of benzene rings is 2. The molecule has 0 unspecified atom stereocenters. The van der Waals surface area contributed by atoms with Crippen molar-refractivity contribution in [3.8, 4) is 28.8 Å². The quantitative estimate of drug-likeness (QED) is 0.640. The molecule has 0 saturated carbocycles. The number of hydrogen-bond acceptors (Lipinski definition) is 7. The highest BCUT2D eigenvalue weighted by atomic mass is 32.1. The van der Waals surface area contributed by atoms with Gasteiger partial charge in [0.15, 0.2) is 11.5 Å². The number of nitrogens with zero attached hydrogens (tertiary/aromatic N) is 4. The SMILES string of the molecule is N#Cc1ccc(-c2csc(N=NCc3ccc4c(c3)OCO4)n2)cc1. The van der Waals surface area contributed by atoms with E-state index in [1.165, 1.54) is 11.3 Å². The minimum Gasteiger partial charge on any atom is -0.454 e. The number of thiazole rings is 1. The Morgan fingerprint density at radius 2 is 1.96 bits per heavy atom. The fourth-order valence-electron chi connectivity index (χ4n) is 2.38. The molecule has 0 saturated heterocycles. The van der Waals surface area contributed by atoms with Gasteiger partial charge in [0.05, 0.1) is 23.9 Å². The number of azo groups is 1. The molecule has 25 heavy (non-hydrogen) atoms. The first-order valence-electron chi connectivity index (χ1n) is 7.54. The Morgan fingerprint density at radius 1 is 1.12 bits per heavy atom. The van der Waals surface area contributed by atoms with Gasteiger partial charge in [-0.15, -0.1) is 16.5 Å². The molecule has 2 aromatic carbocycles. The molecule has 0 bridgehead atoms. The van der Waals surface area contributed by atoms with Crippen LogP contribution in [0.3, 0.4) is 0 Å². The summed E-state index contributed by atoms with van der Waals surface area (Å²) in [5.41, 5.74) is 3.40. The third-order valence-corrected chi connectivity index (χ3v) is 4.37. The van der Waals surface area contributed by atoms with Gasteiger partial charge in [-0.2, -0.15) is 10.4 Å². The summed E-state index contributed by atoms with van der Waals surface area (Å²) in [6, 6.07) is 15.1. The van der Waals surface area contributed by atoms with Crippen molar-refractivity contribution in [3.63, 3.8) is 0 Å². The van der Waals surface area contributed by atoms with Gasteiger partial charge < -0.3 is 9.47 Å². The van der Waals surface area contributed by atoms with Crippen molar-refractivity contribution >= 4 is 16.5 Å². The molecule has 122 valence electrons. The molecule has 1 aliphatic rings. The summed E-state index contributed by atoms with van der Waals surface area (Å²) in [6.07, 6.45) is 0. The average Bonchev–Trinajstić information content (AvgIpc) is 3.31.